The minimum absolute atomic E-state index is 0.167. The molecule has 0 aliphatic rings. The van der Waals surface area contributed by atoms with E-state index in [0.29, 0.717) is 0 Å². The Hall–Kier alpha value is -1.36. The lowest BCUT2D eigenvalue weighted by Crippen LogP contribution is -2.38. The van der Waals surface area contributed by atoms with E-state index in [2.05, 4.69) is 39.6 Å². The third-order valence-corrected chi connectivity index (χ3v) is 3.76. The highest BCUT2D eigenvalue weighted by atomic mass is 79.9. The number of nitrogens with two attached hydrogens (primary N) is 1. The molecule has 3 N–H and O–H groups in total. The largest absolute Gasteiger partial charge is 0.496 e. The highest BCUT2D eigenvalue weighted by Crippen LogP contribution is 2.20. The van der Waals surface area contributed by atoms with Crippen molar-refractivity contribution in [2.45, 2.75) is 18.9 Å². The fraction of sp³-hybridized carbons (Fsp3) is 0.250. The fourth-order valence-corrected chi connectivity index (χ4v) is 2.72. The maximum absolute atomic E-state index is 5.70. The van der Waals surface area contributed by atoms with Crippen LogP contribution in [0.1, 0.15) is 11.1 Å². The van der Waals surface area contributed by atoms with Gasteiger partial charge in [-0.2, -0.15) is 0 Å². The van der Waals surface area contributed by atoms with Crippen LogP contribution in [0.25, 0.3) is 0 Å². The number of ether oxygens (including phenoxy) is 1. The first-order valence-corrected chi connectivity index (χ1v) is 7.34. The molecule has 0 heterocycles. The van der Waals surface area contributed by atoms with Crippen molar-refractivity contribution in [3.05, 3.63) is 64.1 Å². The van der Waals surface area contributed by atoms with Gasteiger partial charge in [0.1, 0.15) is 5.75 Å². The molecule has 2 rings (SSSR count). The molecule has 0 aliphatic carbocycles. The summed E-state index contributed by atoms with van der Waals surface area (Å²) < 4.78 is 6.47. The van der Waals surface area contributed by atoms with E-state index < -0.39 is 0 Å². The molecule has 2 aromatic carbocycles. The summed E-state index contributed by atoms with van der Waals surface area (Å²) in [5, 5.41) is 0. The lowest BCUT2D eigenvalue weighted by molar-refractivity contribution is 0.404. The second-order valence-corrected chi connectivity index (χ2v) is 5.63. The summed E-state index contributed by atoms with van der Waals surface area (Å²) in [5.74, 6) is 6.60. The average molecular weight is 335 g/mol. The molecule has 0 fully saturated rings. The molecule has 106 valence electrons. The zero-order valence-corrected chi connectivity index (χ0v) is 13.1. The fourth-order valence-electron chi connectivity index (χ4n) is 2.28. The van der Waals surface area contributed by atoms with E-state index in [4.69, 9.17) is 10.6 Å². The molecule has 0 aromatic heterocycles. The Morgan fingerprint density at radius 2 is 1.95 bits per heavy atom. The van der Waals surface area contributed by atoms with Gasteiger partial charge in [0.05, 0.1) is 7.11 Å². The lowest BCUT2D eigenvalue weighted by Gasteiger charge is -2.18. The molecule has 1 atom stereocenters. The molecule has 3 nitrogen and oxygen atoms in total. The van der Waals surface area contributed by atoms with Gasteiger partial charge in [-0.15, -0.1) is 0 Å². The topological polar surface area (TPSA) is 47.3 Å². The van der Waals surface area contributed by atoms with Crippen molar-refractivity contribution in [1.82, 2.24) is 5.43 Å². The summed E-state index contributed by atoms with van der Waals surface area (Å²) in [4.78, 5) is 0. The molecule has 1 unspecified atom stereocenters. The predicted molar refractivity (Wildman–Crippen MR) is 85.7 cm³/mol. The predicted octanol–water partition coefficient (Wildman–Crippen LogP) is 3.07. The number of nitrogens with one attached hydrogen (secondary N) is 1. The van der Waals surface area contributed by atoms with Crippen LogP contribution in [-0.4, -0.2) is 13.2 Å². The van der Waals surface area contributed by atoms with Crippen LogP contribution in [-0.2, 0) is 12.8 Å². The summed E-state index contributed by atoms with van der Waals surface area (Å²) >= 11 is 3.49. The van der Waals surface area contributed by atoms with Crippen molar-refractivity contribution in [3.63, 3.8) is 0 Å². The van der Waals surface area contributed by atoms with E-state index in [1.165, 1.54) is 5.56 Å². The molecular formula is C16H19BrN2O. The van der Waals surface area contributed by atoms with Gasteiger partial charge in [-0.25, -0.2) is 0 Å². The number of methoxy groups -OCH3 is 1. The quantitative estimate of drug-likeness (QED) is 0.630. The zero-order valence-electron chi connectivity index (χ0n) is 11.5. The molecule has 2 aromatic rings. The van der Waals surface area contributed by atoms with Gasteiger partial charge in [0.2, 0.25) is 0 Å². The van der Waals surface area contributed by atoms with Gasteiger partial charge in [0.15, 0.2) is 0 Å². The van der Waals surface area contributed by atoms with Crippen LogP contribution in [0.4, 0.5) is 0 Å². The van der Waals surface area contributed by atoms with Gasteiger partial charge in [0, 0.05) is 10.5 Å². The molecule has 0 amide bonds. The molecule has 0 aliphatic heterocycles. The maximum atomic E-state index is 5.70. The molecule has 0 spiro atoms. The minimum atomic E-state index is 0.167. The molecular weight excluding hydrogens is 316 g/mol. The van der Waals surface area contributed by atoms with Crippen molar-refractivity contribution in [2.75, 3.05) is 7.11 Å². The van der Waals surface area contributed by atoms with E-state index in [-0.39, 0.29) is 6.04 Å². The Kier molecular flexibility index (Phi) is 5.59. The molecule has 0 radical (unpaired) electrons. The summed E-state index contributed by atoms with van der Waals surface area (Å²) in [7, 11) is 1.69. The van der Waals surface area contributed by atoms with Gasteiger partial charge < -0.3 is 4.74 Å². The van der Waals surface area contributed by atoms with Gasteiger partial charge >= 0.3 is 0 Å². The number of benzene rings is 2. The Labute approximate surface area is 128 Å². The SMILES string of the molecule is COc1ccccc1CC(Cc1cccc(Br)c1)NN. The van der Waals surface area contributed by atoms with E-state index in [9.17, 15) is 0 Å². The van der Waals surface area contributed by atoms with Crippen molar-refractivity contribution >= 4 is 15.9 Å². The number of hydrazine groups is 1. The molecule has 0 bridgehead atoms. The summed E-state index contributed by atoms with van der Waals surface area (Å²) in [6.45, 7) is 0. The van der Waals surface area contributed by atoms with Gasteiger partial charge in [-0.05, 0) is 42.2 Å². The van der Waals surface area contributed by atoms with Gasteiger partial charge in [0.25, 0.3) is 0 Å². The summed E-state index contributed by atoms with van der Waals surface area (Å²) in [5.41, 5.74) is 5.31. The van der Waals surface area contributed by atoms with Crippen LogP contribution >= 0.6 is 15.9 Å². The summed E-state index contributed by atoms with van der Waals surface area (Å²) in [6, 6.07) is 16.5. The number of hydrogen-bond acceptors (Lipinski definition) is 3. The van der Waals surface area contributed by atoms with Gasteiger partial charge in [-0.1, -0.05) is 46.3 Å². The maximum Gasteiger partial charge on any atom is 0.122 e. The Balaban J connectivity index is 2.09. The van der Waals surface area contributed by atoms with Crippen LogP contribution < -0.4 is 16.0 Å². The third kappa shape index (κ3) is 4.07. The van der Waals surface area contributed by atoms with Crippen LogP contribution in [0.3, 0.4) is 0 Å². The first-order chi connectivity index (χ1) is 9.72. The number of para-hydroxylation sites is 1. The van der Waals surface area contributed by atoms with Crippen molar-refractivity contribution < 1.29 is 4.74 Å². The molecule has 4 heteroatoms. The molecule has 20 heavy (non-hydrogen) atoms. The Bertz CT molecular complexity index is 560. The third-order valence-electron chi connectivity index (χ3n) is 3.27. The number of halogens is 1. The number of rotatable bonds is 6. The van der Waals surface area contributed by atoms with Crippen molar-refractivity contribution in [3.8, 4) is 5.75 Å². The highest BCUT2D eigenvalue weighted by molar-refractivity contribution is 9.10. The lowest BCUT2D eigenvalue weighted by atomic mass is 9.99. The van der Waals surface area contributed by atoms with E-state index in [1.807, 2.05) is 30.3 Å². The van der Waals surface area contributed by atoms with Crippen LogP contribution in [0.15, 0.2) is 53.0 Å². The second-order valence-electron chi connectivity index (χ2n) is 4.71. The van der Waals surface area contributed by atoms with Crippen molar-refractivity contribution in [1.29, 1.82) is 0 Å². The van der Waals surface area contributed by atoms with Crippen molar-refractivity contribution in [2.24, 2.45) is 5.84 Å². The second kappa shape index (κ2) is 7.43. The van der Waals surface area contributed by atoms with E-state index in [0.717, 1.165) is 28.6 Å². The smallest absolute Gasteiger partial charge is 0.122 e. The first-order valence-electron chi connectivity index (χ1n) is 6.55. The van der Waals surface area contributed by atoms with Crippen LogP contribution in [0.2, 0.25) is 0 Å². The monoisotopic (exact) mass is 334 g/mol. The standard InChI is InChI=1S/C16H19BrN2O/c1-20-16-8-3-2-6-13(16)11-15(19-18)10-12-5-4-7-14(17)9-12/h2-9,15,19H,10-11,18H2,1H3. The van der Waals surface area contributed by atoms with Crippen LogP contribution in [0.5, 0.6) is 5.75 Å². The minimum Gasteiger partial charge on any atom is -0.496 e. The number of hydrogen-bond donors (Lipinski definition) is 2. The van der Waals surface area contributed by atoms with Gasteiger partial charge in [-0.3, -0.25) is 11.3 Å². The average Bonchev–Trinajstić information content (AvgIpc) is 2.47. The molecule has 0 saturated heterocycles. The molecule has 0 saturated carbocycles. The highest BCUT2D eigenvalue weighted by Gasteiger charge is 2.12. The van der Waals surface area contributed by atoms with Crippen LogP contribution in [0, 0.1) is 0 Å². The zero-order chi connectivity index (χ0) is 14.4. The first kappa shape index (κ1) is 15.0. The Morgan fingerprint density at radius 3 is 2.65 bits per heavy atom. The summed E-state index contributed by atoms with van der Waals surface area (Å²) in [6.07, 6.45) is 1.70. The van der Waals surface area contributed by atoms with E-state index >= 15 is 0 Å². The van der Waals surface area contributed by atoms with E-state index in [1.54, 1.807) is 7.11 Å². The Morgan fingerprint density at radius 1 is 1.15 bits per heavy atom. The normalized spacial score (nSPS) is 12.2.